The fourth-order valence-electron chi connectivity index (χ4n) is 1.65. The summed E-state index contributed by atoms with van der Waals surface area (Å²) in [5.74, 6) is -0.225. The van der Waals surface area contributed by atoms with E-state index in [0.29, 0.717) is 12.1 Å². The molecule has 0 radical (unpaired) electrons. The van der Waals surface area contributed by atoms with E-state index in [9.17, 15) is 9.90 Å². The van der Waals surface area contributed by atoms with Crippen molar-refractivity contribution in [3.8, 4) is 0 Å². The Kier molecular flexibility index (Phi) is 4.25. The number of carbonyl (C=O) groups is 1. The van der Waals surface area contributed by atoms with Crippen LogP contribution < -0.4 is 5.32 Å². The zero-order valence-electron chi connectivity index (χ0n) is 10.8. The summed E-state index contributed by atoms with van der Waals surface area (Å²) in [6.45, 7) is 2.38. The average Bonchev–Trinajstić information content (AvgIpc) is 2.59. The molecule has 1 unspecified atom stereocenters. The van der Waals surface area contributed by atoms with Crippen LogP contribution in [0.15, 0.2) is 12.4 Å². The second-order valence-electron chi connectivity index (χ2n) is 4.82. The van der Waals surface area contributed by atoms with Crippen LogP contribution in [0, 0.1) is 0 Å². The number of aryl methyl sites for hydroxylation is 1. The molecule has 6 heteroatoms. The molecule has 17 heavy (non-hydrogen) atoms. The van der Waals surface area contributed by atoms with Crippen LogP contribution in [0.5, 0.6) is 0 Å². The summed E-state index contributed by atoms with van der Waals surface area (Å²) in [5, 5.41) is 16.6. The standard InChI is InChI=1S/C11H20N4O2/c1-11(17,8-14(2)3)7-12-10(16)9-5-13-15(4)6-9/h5-6,17H,7-8H2,1-4H3,(H,12,16). The Morgan fingerprint density at radius 1 is 1.65 bits per heavy atom. The Labute approximate surface area is 101 Å². The first-order valence-electron chi connectivity index (χ1n) is 5.44. The molecule has 0 aromatic carbocycles. The van der Waals surface area contributed by atoms with Crippen molar-refractivity contribution in [2.45, 2.75) is 12.5 Å². The largest absolute Gasteiger partial charge is 0.387 e. The first-order chi connectivity index (χ1) is 7.80. The summed E-state index contributed by atoms with van der Waals surface area (Å²) in [6.07, 6.45) is 3.13. The molecular formula is C11H20N4O2. The summed E-state index contributed by atoms with van der Waals surface area (Å²) in [4.78, 5) is 13.6. The van der Waals surface area contributed by atoms with E-state index in [4.69, 9.17) is 0 Å². The maximum Gasteiger partial charge on any atom is 0.254 e. The SMILES string of the molecule is CN(C)CC(C)(O)CNC(=O)c1cnn(C)c1. The average molecular weight is 240 g/mol. The molecule has 1 atom stereocenters. The predicted octanol–water partition coefficient (Wildman–Crippen LogP) is -0.537. The second kappa shape index (κ2) is 5.29. The summed E-state index contributed by atoms with van der Waals surface area (Å²) >= 11 is 0. The van der Waals surface area contributed by atoms with Crippen molar-refractivity contribution in [2.75, 3.05) is 27.2 Å². The number of aliphatic hydroxyl groups is 1. The van der Waals surface area contributed by atoms with Gasteiger partial charge in [-0.3, -0.25) is 9.48 Å². The van der Waals surface area contributed by atoms with Crippen molar-refractivity contribution in [3.63, 3.8) is 0 Å². The molecule has 1 amide bonds. The van der Waals surface area contributed by atoms with Crippen molar-refractivity contribution in [3.05, 3.63) is 18.0 Å². The quantitative estimate of drug-likeness (QED) is 0.725. The van der Waals surface area contributed by atoms with Crippen molar-refractivity contribution in [1.82, 2.24) is 20.0 Å². The fraction of sp³-hybridized carbons (Fsp3) is 0.636. The number of nitrogens with zero attached hydrogens (tertiary/aromatic N) is 3. The van der Waals surface area contributed by atoms with E-state index < -0.39 is 5.60 Å². The van der Waals surface area contributed by atoms with Crippen LogP contribution in [-0.4, -0.2) is 58.5 Å². The van der Waals surface area contributed by atoms with Gasteiger partial charge in [-0.1, -0.05) is 0 Å². The number of hydrogen-bond donors (Lipinski definition) is 2. The Morgan fingerprint density at radius 3 is 2.76 bits per heavy atom. The lowest BCUT2D eigenvalue weighted by atomic mass is 10.1. The van der Waals surface area contributed by atoms with Crippen LogP contribution >= 0.6 is 0 Å². The van der Waals surface area contributed by atoms with E-state index >= 15 is 0 Å². The molecule has 1 aromatic heterocycles. The number of likely N-dealkylation sites (N-methyl/N-ethyl adjacent to an activating group) is 1. The van der Waals surface area contributed by atoms with Gasteiger partial charge in [-0.2, -0.15) is 5.10 Å². The molecule has 96 valence electrons. The molecule has 0 spiro atoms. The van der Waals surface area contributed by atoms with Crippen molar-refractivity contribution < 1.29 is 9.90 Å². The minimum absolute atomic E-state index is 0.207. The molecule has 6 nitrogen and oxygen atoms in total. The smallest absolute Gasteiger partial charge is 0.254 e. The first-order valence-corrected chi connectivity index (χ1v) is 5.44. The van der Waals surface area contributed by atoms with Crippen molar-refractivity contribution >= 4 is 5.91 Å². The highest BCUT2D eigenvalue weighted by Gasteiger charge is 2.22. The normalized spacial score (nSPS) is 14.7. The van der Waals surface area contributed by atoms with Gasteiger partial charge in [-0.15, -0.1) is 0 Å². The maximum absolute atomic E-state index is 11.7. The third kappa shape index (κ3) is 4.54. The zero-order chi connectivity index (χ0) is 13.1. The van der Waals surface area contributed by atoms with Gasteiger partial charge in [0.1, 0.15) is 0 Å². The highest BCUT2D eigenvalue weighted by molar-refractivity contribution is 5.93. The minimum Gasteiger partial charge on any atom is -0.387 e. The zero-order valence-corrected chi connectivity index (χ0v) is 10.8. The molecule has 1 aromatic rings. The van der Waals surface area contributed by atoms with Gasteiger partial charge >= 0.3 is 0 Å². The Bertz CT molecular complexity index is 385. The summed E-state index contributed by atoms with van der Waals surface area (Å²) in [5.41, 5.74) is -0.449. The van der Waals surface area contributed by atoms with Gasteiger partial charge in [-0.25, -0.2) is 0 Å². The van der Waals surface area contributed by atoms with Crippen molar-refractivity contribution in [2.24, 2.45) is 7.05 Å². The van der Waals surface area contributed by atoms with Crippen LogP contribution in [-0.2, 0) is 7.05 Å². The molecule has 0 saturated carbocycles. The van der Waals surface area contributed by atoms with Gasteiger partial charge in [-0.05, 0) is 21.0 Å². The van der Waals surface area contributed by atoms with Gasteiger partial charge in [0.15, 0.2) is 0 Å². The molecule has 0 bridgehead atoms. The minimum atomic E-state index is -0.943. The van der Waals surface area contributed by atoms with Crippen molar-refractivity contribution in [1.29, 1.82) is 0 Å². The highest BCUT2D eigenvalue weighted by atomic mass is 16.3. The lowest BCUT2D eigenvalue weighted by Gasteiger charge is -2.26. The number of rotatable bonds is 5. The highest BCUT2D eigenvalue weighted by Crippen LogP contribution is 2.03. The third-order valence-electron chi connectivity index (χ3n) is 2.25. The molecular weight excluding hydrogens is 220 g/mol. The fourth-order valence-corrected chi connectivity index (χ4v) is 1.65. The van der Waals surface area contributed by atoms with E-state index in [1.54, 1.807) is 24.9 Å². The van der Waals surface area contributed by atoms with Gasteiger partial charge < -0.3 is 15.3 Å². The van der Waals surface area contributed by atoms with Gasteiger partial charge in [0, 0.05) is 26.3 Å². The second-order valence-corrected chi connectivity index (χ2v) is 4.82. The number of nitrogens with one attached hydrogen (secondary N) is 1. The number of carbonyl (C=O) groups excluding carboxylic acids is 1. The Balaban J connectivity index is 2.48. The number of hydrogen-bond acceptors (Lipinski definition) is 4. The summed E-state index contributed by atoms with van der Waals surface area (Å²) in [6, 6.07) is 0. The number of aromatic nitrogens is 2. The monoisotopic (exact) mass is 240 g/mol. The predicted molar refractivity (Wildman–Crippen MR) is 64.7 cm³/mol. The summed E-state index contributed by atoms with van der Waals surface area (Å²) in [7, 11) is 5.49. The van der Waals surface area contributed by atoms with Crippen LogP contribution in [0.25, 0.3) is 0 Å². The van der Waals surface area contributed by atoms with Crippen LogP contribution in [0.2, 0.25) is 0 Å². The van der Waals surface area contributed by atoms with E-state index in [1.807, 2.05) is 19.0 Å². The molecule has 0 aliphatic heterocycles. The molecule has 1 heterocycles. The van der Waals surface area contributed by atoms with E-state index in [1.165, 1.54) is 6.20 Å². The molecule has 2 N–H and O–H groups in total. The van der Waals surface area contributed by atoms with E-state index in [-0.39, 0.29) is 12.5 Å². The van der Waals surface area contributed by atoms with Gasteiger partial charge in [0.25, 0.3) is 5.91 Å². The van der Waals surface area contributed by atoms with Gasteiger partial charge in [0.2, 0.25) is 0 Å². The van der Waals surface area contributed by atoms with Crippen LogP contribution in [0.4, 0.5) is 0 Å². The molecule has 0 fully saturated rings. The number of amides is 1. The Hall–Kier alpha value is -1.40. The molecule has 0 aliphatic rings. The van der Waals surface area contributed by atoms with E-state index in [2.05, 4.69) is 10.4 Å². The lowest BCUT2D eigenvalue weighted by Crippen LogP contribution is -2.47. The topological polar surface area (TPSA) is 70.4 Å². The van der Waals surface area contributed by atoms with Crippen LogP contribution in [0.3, 0.4) is 0 Å². The molecule has 0 aliphatic carbocycles. The van der Waals surface area contributed by atoms with Gasteiger partial charge in [0.05, 0.1) is 17.4 Å². The molecule has 0 saturated heterocycles. The molecule has 1 rings (SSSR count). The lowest BCUT2D eigenvalue weighted by molar-refractivity contribution is 0.0326. The Morgan fingerprint density at radius 2 is 2.29 bits per heavy atom. The van der Waals surface area contributed by atoms with Crippen LogP contribution in [0.1, 0.15) is 17.3 Å². The van der Waals surface area contributed by atoms with E-state index in [0.717, 1.165) is 0 Å². The third-order valence-corrected chi connectivity index (χ3v) is 2.25. The maximum atomic E-state index is 11.7. The summed E-state index contributed by atoms with van der Waals surface area (Å²) < 4.78 is 1.56. The first kappa shape index (κ1) is 13.7.